The average molecular weight is 239 g/mol. The number of rotatable bonds is 5. The van der Waals surface area contributed by atoms with Crippen molar-refractivity contribution in [2.75, 3.05) is 13.7 Å². The lowest BCUT2D eigenvalue weighted by atomic mass is 10.1. The van der Waals surface area contributed by atoms with Crippen LogP contribution in [0.4, 0.5) is 0 Å². The normalized spacial score (nSPS) is 9.76. The minimum absolute atomic E-state index is 0.331. The number of benzene rings is 1. The van der Waals surface area contributed by atoms with Crippen molar-refractivity contribution in [3.63, 3.8) is 0 Å². The fraction of sp³-hybridized carbons (Fsp3) is 0.273. The molecule has 2 N–H and O–H groups in total. The van der Waals surface area contributed by atoms with Crippen molar-refractivity contribution in [1.29, 1.82) is 0 Å². The molecule has 6 nitrogen and oxygen atoms in total. The summed E-state index contributed by atoms with van der Waals surface area (Å²) < 4.78 is 5.06. The number of hydroxylamine groups is 1. The molecular formula is C11H13NO5. The van der Waals surface area contributed by atoms with Gasteiger partial charge in [0.05, 0.1) is 7.11 Å². The van der Waals surface area contributed by atoms with Gasteiger partial charge in [-0.15, -0.1) is 0 Å². The molecule has 0 atom stereocenters. The molecule has 0 aliphatic rings. The van der Waals surface area contributed by atoms with E-state index in [0.29, 0.717) is 11.3 Å². The third-order valence-electron chi connectivity index (χ3n) is 2.03. The van der Waals surface area contributed by atoms with E-state index in [4.69, 9.17) is 9.84 Å². The second-order valence-corrected chi connectivity index (χ2v) is 3.30. The SMILES string of the molecule is COc1cc(C(=O)NOCC(=O)O)ccc1C. The summed E-state index contributed by atoms with van der Waals surface area (Å²) in [6.45, 7) is 1.26. The maximum Gasteiger partial charge on any atom is 0.332 e. The summed E-state index contributed by atoms with van der Waals surface area (Å²) in [4.78, 5) is 26.2. The Morgan fingerprint density at radius 3 is 2.71 bits per heavy atom. The van der Waals surface area contributed by atoms with Gasteiger partial charge in [0, 0.05) is 5.56 Å². The quantitative estimate of drug-likeness (QED) is 0.740. The lowest BCUT2D eigenvalue weighted by Gasteiger charge is -2.07. The van der Waals surface area contributed by atoms with Crippen molar-refractivity contribution in [3.8, 4) is 5.75 Å². The van der Waals surface area contributed by atoms with E-state index in [9.17, 15) is 9.59 Å². The van der Waals surface area contributed by atoms with E-state index >= 15 is 0 Å². The van der Waals surface area contributed by atoms with E-state index in [0.717, 1.165) is 5.56 Å². The zero-order valence-corrected chi connectivity index (χ0v) is 9.52. The molecule has 6 heteroatoms. The number of amides is 1. The van der Waals surface area contributed by atoms with Crippen LogP contribution in [0, 0.1) is 6.92 Å². The molecule has 1 aromatic rings. The number of ether oxygens (including phenoxy) is 1. The predicted molar refractivity (Wildman–Crippen MR) is 58.8 cm³/mol. The topological polar surface area (TPSA) is 84.9 Å². The molecule has 1 amide bonds. The van der Waals surface area contributed by atoms with Crippen molar-refractivity contribution in [1.82, 2.24) is 5.48 Å². The number of nitrogens with one attached hydrogen (secondary N) is 1. The van der Waals surface area contributed by atoms with Crippen molar-refractivity contribution in [2.45, 2.75) is 6.92 Å². The highest BCUT2D eigenvalue weighted by Gasteiger charge is 2.09. The maximum atomic E-state index is 11.5. The largest absolute Gasteiger partial charge is 0.496 e. The molecule has 92 valence electrons. The Hall–Kier alpha value is -2.08. The van der Waals surface area contributed by atoms with Gasteiger partial charge in [-0.2, -0.15) is 0 Å². The Balaban J connectivity index is 2.66. The summed E-state index contributed by atoms with van der Waals surface area (Å²) in [5.41, 5.74) is 3.26. The average Bonchev–Trinajstić information content (AvgIpc) is 2.29. The van der Waals surface area contributed by atoms with Gasteiger partial charge in [0.25, 0.3) is 5.91 Å². The highest BCUT2D eigenvalue weighted by Crippen LogP contribution is 2.18. The van der Waals surface area contributed by atoms with Crippen LogP contribution in [-0.2, 0) is 9.63 Å². The van der Waals surface area contributed by atoms with E-state index in [1.165, 1.54) is 7.11 Å². The molecule has 0 unspecified atom stereocenters. The number of aryl methyl sites for hydroxylation is 1. The summed E-state index contributed by atoms with van der Waals surface area (Å²) in [7, 11) is 1.50. The third-order valence-corrected chi connectivity index (χ3v) is 2.03. The van der Waals surface area contributed by atoms with E-state index in [1.807, 2.05) is 12.4 Å². The fourth-order valence-corrected chi connectivity index (χ4v) is 1.18. The van der Waals surface area contributed by atoms with Crippen molar-refractivity contribution >= 4 is 11.9 Å². The molecule has 0 bridgehead atoms. The summed E-state index contributed by atoms with van der Waals surface area (Å²) >= 11 is 0. The van der Waals surface area contributed by atoms with Crippen LogP contribution in [0.5, 0.6) is 5.75 Å². The lowest BCUT2D eigenvalue weighted by molar-refractivity contribution is -0.144. The number of aliphatic carboxylic acids is 1. The fourth-order valence-electron chi connectivity index (χ4n) is 1.18. The molecule has 17 heavy (non-hydrogen) atoms. The van der Waals surface area contributed by atoms with Crippen molar-refractivity contribution in [2.24, 2.45) is 0 Å². The number of carboxylic acids is 1. The van der Waals surface area contributed by atoms with Gasteiger partial charge in [0.2, 0.25) is 0 Å². The molecule has 0 radical (unpaired) electrons. The van der Waals surface area contributed by atoms with Crippen molar-refractivity contribution in [3.05, 3.63) is 29.3 Å². The van der Waals surface area contributed by atoms with Crippen LogP contribution in [0.1, 0.15) is 15.9 Å². The highest BCUT2D eigenvalue weighted by atomic mass is 16.7. The predicted octanol–water partition coefficient (Wildman–Crippen LogP) is 0.750. The first-order valence-corrected chi connectivity index (χ1v) is 4.83. The smallest absolute Gasteiger partial charge is 0.332 e. The molecule has 0 aliphatic heterocycles. The molecule has 0 heterocycles. The van der Waals surface area contributed by atoms with E-state index < -0.39 is 18.5 Å². The van der Waals surface area contributed by atoms with E-state index in [-0.39, 0.29) is 0 Å². The minimum atomic E-state index is -1.16. The van der Waals surface area contributed by atoms with Gasteiger partial charge in [0.1, 0.15) is 5.75 Å². The first kappa shape index (κ1) is 13.0. The van der Waals surface area contributed by atoms with Gasteiger partial charge >= 0.3 is 5.97 Å². The van der Waals surface area contributed by atoms with Crippen LogP contribution in [0.2, 0.25) is 0 Å². The maximum absolute atomic E-state index is 11.5. The number of carboxylic acid groups (broad SMARTS) is 1. The molecule has 0 aliphatic carbocycles. The standard InChI is InChI=1S/C11H13NO5/c1-7-3-4-8(5-9(7)16-2)11(15)12-17-6-10(13)14/h3-5H,6H2,1-2H3,(H,12,15)(H,13,14). The Kier molecular flexibility index (Phi) is 4.47. The molecule has 1 aromatic carbocycles. The molecule has 0 spiro atoms. The first-order chi connectivity index (χ1) is 8.04. The summed E-state index contributed by atoms with van der Waals surface area (Å²) in [6, 6.07) is 4.87. The molecule has 0 aromatic heterocycles. The Morgan fingerprint density at radius 1 is 1.41 bits per heavy atom. The second kappa shape index (κ2) is 5.86. The first-order valence-electron chi connectivity index (χ1n) is 4.83. The Bertz CT molecular complexity index is 430. The van der Waals surface area contributed by atoms with Crippen molar-refractivity contribution < 1.29 is 24.3 Å². The molecular weight excluding hydrogens is 226 g/mol. The van der Waals surface area contributed by atoms with Crippen LogP contribution >= 0.6 is 0 Å². The van der Waals surface area contributed by atoms with Crippen LogP contribution in [0.15, 0.2) is 18.2 Å². The molecule has 0 fully saturated rings. The number of carbonyl (C=O) groups excluding carboxylic acids is 1. The number of methoxy groups -OCH3 is 1. The van der Waals surface area contributed by atoms with E-state index in [1.54, 1.807) is 18.2 Å². The highest BCUT2D eigenvalue weighted by molar-refractivity contribution is 5.94. The van der Waals surface area contributed by atoms with Gasteiger partial charge in [-0.25, -0.2) is 10.3 Å². The zero-order valence-electron chi connectivity index (χ0n) is 9.52. The van der Waals surface area contributed by atoms with Gasteiger partial charge in [-0.3, -0.25) is 9.63 Å². The van der Waals surface area contributed by atoms with Gasteiger partial charge in [-0.1, -0.05) is 6.07 Å². The minimum Gasteiger partial charge on any atom is -0.496 e. The molecule has 0 saturated heterocycles. The molecule has 1 rings (SSSR count). The van der Waals surface area contributed by atoms with Gasteiger partial charge in [0.15, 0.2) is 6.61 Å². The number of hydrogen-bond acceptors (Lipinski definition) is 4. The number of hydrogen-bond donors (Lipinski definition) is 2. The second-order valence-electron chi connectivity index (χ2n) is 3.30. The molecule has 0 saturated carbocycles. The third kappa shape index (κ3) is 3.76. The van der Waals surface area contributed by atoms with Gasteiger partial charge in [-0.05, 0) is 24.6 Å². The van der Waals surface area contributed by atoms with Crippen LogP contribution in [0.3, 0.4) is 0 Å². The zero-order chi connectivity index (χ0) is 12.8. The van der Waals surface area contributed by atoms with Gasteiger partial charge < -0.3 is 9.84 Å². The lowest BCUT2D eigenvalue weighted by Crippen LogP contribution is -2.26. The van der Waals surface area contributed by atoms with Crippen LogP contribution in [0.25, 0.3) is 0 Å². The van der Waals surface area contributed by atoms with Crippen LogP contribution in [-0.4, -0.2) is 30.7 Å². The Labute approximate surface area is 98.1 Å². The number of carbonyl (C=O) groups is 2. The summed E-state index contributed by atoms with van der Waals surface area (Å²) in [5, 5.41) is 8.32. The summed E-state index contributed by atoms with van der Waals surface area (Å²) in [5.74, 6) is -1.10. The summed E-state index contributed by atoms with van der Waals surface area (Å²) in [6.07, 6.45) is 0. The monoisotopic (exact) mass is 239 g/mol. The van der Waals surface area contributed by atoms with Crippen LogP contribution < -0.4 is 10.2 Å². The Morgan fingerprint density at radius 2 is 2.12 bits per heavy atom. The van der Waals surface area contributed by atoms with E-state index in [2.05, 4.69) is 4.84 Å².